The van der Waals surface area contributed by atoms with Crippen molar-refractivity contribution in [1.29, 1.82) is 0 Å². The van der Waals surface area contributed by atoms with Crippen molar-refractivity contribution >= 4 is 11.8 Å². The molecule has 0 bridgehead atoms. The monoisotopic (exact) mass is 307 g/mol. The summed E-state index contributed by atoms with van der Waals surface area (Å²) < 4.78 is 26.7. The van der Waals surface area contributed by atoms with Crippen LogP contribution >= 0.6 is 11.8 Å². The van der Waals surface area contributed by atoms with Gasteiger partial charge in [-0.15, -0.1) is 11.8 Å². The van der Waals surface area contributed by atoms with Gasteiger partial charge >= 0.3 is 0 Å². The zero-order chi connectivity index (χ0) is 14.8. The maximum atomic E-state index is 13.4. The molecule has 5 heteroatoms. The average molecular weight is 307 g/mol. The van der Waals surface area contributed by atoms with E-state index in [1.807, 2.05) is 0 Å². The van der Waals surface area contributed by atoms with E-state index in [-0.39, 0.29) is 17.6 Å². The molecule has 1 aliphatic heterocycles. The summed E-state index contributed by atoms with van der Waals surface area (Å²) in [7, 11) is 0. The molecule has 2 aromatic rings. The molecule has 2 nitrogen and oxygen atoms in total. The summed E-state index contributed by atoms with van der Waals surface area (Å²) in [6.07, 6.45) is 0.891. The Morgan fingerprint density at radius 1 is 1.14 bits per heavy atom. The second-order valence-electron chi connectivity index (χ2n) is 5.07. The van der Waals surface area contributed by atoms with E-state index in [1.54, 1.807) is 23.9 Å². The molecule has 1 atom stereocenters. The van der Waals surface area contributed by atoms with Crippen molar-refractivity contribution in [3.8, 4) is 5.75 Å². The fourth-order valence-electron chi connectivity index (χ4n) is 2.55. The number of aromatic hydroxyl groups is 1. The number of rotatable bonds is 3. The topological polar surface area (TPSA) is 32.3 Å². The van der Waals surface area contributed by atoms with Gasteiger partial charge in [0.05, 0.1) is 0 Å². The molecule has 0 fully saturated rings. The Bertz CT molecular complexity index is 642. The van der Waals surface area contributed by atoms with Crippen LogP contribution in [0.3, 0.4) is 0 Å². The molecule has 0 saturated heterocycles. The lowest BCUT2D eigenvalue weighted by Gasteiger charge is -2.26. The predicted molar refractivity (Wildman–Crippen MR) is 79.4 cm³/mol. The first-order valence-corrected chi connectivity index (χ1v) is 7.74. The number of halogens is 2. The van der Waals surface area contributed by atoms with Gasteiger partial charge in [0, 0.05) is 23.5 Å². The van der Waals surface area contributed by atoms with Crippen molar-refractivity contribution in [2.45, 2.75) is 23.9 Å². The molecule has 1 unspecified atom stereocenters. The summed E-state index contributed by atoms with van der Waals surface area (Å²) in [5.74, 6) is 0.173. The Hall–Kier alpha value is -1.59. The van der Waals surface area contributed by atoms with Crippen molar-refractivity contribution in [3.63, 3.8) is 0 Å². The van der Waals surface area contributed by atoms with Crippen molar-refractivity contribution in [3.05, 3.63) is 59.2 Å². The maximum absolute atomic E-state index is 13.4. The van der Waals surface area contributed by atoms with Crippen molar-refractivity contribution in [2.24, 2.45) is 0 Å². The van der Waals surface area contributed by atoms with Crippen molar-refractivity contribution in [1.82, 2.24) is 5.32 Å². The van der Waals surface area contributed by atoms with E-state index in [0.717, 1.165) is 28.7 Å². The first-order valence-electron chi connectivity index (χ1n) is 6.76. The van der Waals surface area contributed by atoms with Crippen LogP contribution in [0.1, 0.15) is 23.6 Å². The smallest absolute Gasteiger partial charge is 0.127 e. The number of thioether (sulfide) groups is 1. The molecular weight excluding hydrogens is 292 g/mol. The summed E-state index contributed by atoms with van der Waals surface area (Å²) in [6.45, 7) is 0.427. The van der Waals surface area contributed by atoms with Gasteiger partial charge in [0.25, 0.3) is 0 Å². The van der Waals surface area contributed by atoms with Crippen molar-refractivity contribution < 1.29 is 13.9 Å². The SMILES string of the molecule is Oc1cc(F)cc(CNC2CCSc3ccc(F)cc32)c1. The van der Waals surface area contributed by atoms with Gasteiger partial charge in [0.1, 0.15) is 17.4 Å². The normalized spacial score (nSPS) is 17.5. The summed E-state index contributed by atoms with van der Waals surface area (Å²) in [4.78, 5) is 1.09. The van der Waals surface area contributed by atoms with Gasteiger partial charge in [-0.05, 0) is 53.6 Å². The lowest BCUT2D eigenvalue weighted by Crippen LogP contribution is -2.24. The summed E-state index contributed by atoms with van der Waals surface area (Å²) in [5, 5.41) is 12.7. The van der Waals surface area contributed by atoms with Crippen LogP contribution in [0.25, 0.3) is 0 Å². The lowest BCUT2D eigenvalue weighted by atomic mass is 10.0. The molecular formula is C16H15F2NOS. The van der Waals surface area contributed by atoms with Crippen LogP contribution in [0.15, 0.2) is 41.3 Å². The van der Waals surface area contributed by atoms with E-state index in [1.165, 1.54) is 18.2 Å². The fourth-order valence-corrected chi connectivity index (χ4v) is 3.66. The third-order valence-electron chi connectivity index (χ3n) is 3.51. The highest BCUT2D eigenvalue weighted by Gasteiger charge is 2.20. The Morgan fingerprint density at radius 2 is 2.00 bits per heavy atom. The van der Waals surface area contributed by atoms with E-state index < -0.39 is 5.82 Å². The van der Waals surface area contributed by atoms with Gasteiger partial charge in [0.15, 0.2) is 0 Å². The van der Waals surface area contributed by atoms with Gasteiger partial charge in [-0.25, -0.2) is 8.78 Å². The maximum Gasteiger partial charge on any atom is 0.127 e. The van der Waals surface area contributed by atoms with E-state index in [2.05, 4.69) is 5.32 Å². The minimum absolute atomic E-state index is 0.0439. The van der Waals surface area contributed by atoms with Crippen LogP contribution in [0.5, 0.6) is 5.75 Å². The highest BCUT2D eigenvalue weighted by molar-refractivity contribution is 7.99. The molecule has 110 valence electrons. The van der Waals surface area contributed by atoms with E-state index in [0.29, 0.717) is 12.1 Å². The largest absolute Gasteiger partial charge is 0.508 e. The molecule has 0 radical (unpaired) electrons. The molecule has 2 N–H and O–H groups in total. The summed E-state index contributed by atoms with van der Waals surface area (Å²) >= 11 is 1.72. The number of phenolic OH excluding ortho intramolecular Hbond substituents is 1. The highest BCUT2D eigenvalue weighted by Crippen LogP contribution is 2.36. The molecule has 3 rings (SSSR count). The quantitative estimate of drug-likeness (QED) is 0.899. The van der Waals surface area contributed by atoms with E-state index in [4.69, 9.17) is 0 Å². The second kappa shape index (κ2) is 6.03. The van der Waals surface area contributed by atoms with Crippen LogP contribution in [0, 0.1) is 11.6 Å². The number of fused-ring (bicyclic) bond motifs is 1. The minimum atomic E-state index is -0.461. The first-order chi connectivity index (χ1) is 10.1. The number of nitrogens with one attached hydrogen (secondary N) is 1. The lowest BCUT2D eigenvalue weighted by molar-refractivity contribution is 0.464. The average Bonchev–Trinajstić information content (AvgIpc) is 2.44. The van der Waals surface area contributed by atoms with Gasteiger partial charge in [-0.1, -0.05) is 0 Å². The number of hydrogen-bond acceptors (Lipinski definition) is 3. The zero-order valence-corrected chi connectivity index (χ0v) is 12.1. The third kappa shape index (κ3) is 3.36. The fraction of sp³-hybridized carbons (Fsp3) is 0.250. The molecule has 0 saturated carbocycles. The number of hydrogen-bond donors (Lipinski definition) is 2. The van der Waals surface area contributed by atoms with Gasteiger partial charge in [0.2, 0.25) is 0 Å². The molecule has 0 spiro atoms. The Balaban J connectivity index is 1.76. The number of benzene rings is 2. The molecule has 21 heavy (non-hydrogen) atoms. The van der Waals surface area contributed by atoms with E-state index >= 15 is 0 Å². The van der Waals surface area contributed by atoms with Crippen LogP contribution in [-0.2, 0) is 6.54 Å². The molecule has 2 aromatic carbocycles. The zero-order valence-electron chi connectivity index (χ0n) is 11.3. The summed E-state index contributed by atoms with van der Waals surface area (Å²) in [6, 6.07) is 8.86. The second-order valence-corrected chi connectivity index (χ2v) is 6.21. The van der Waals surface area contributed by atoms with E-state index in [9.17, 15) is 13.9 Å². The molecule has 1 aliphatic rings. The van der Waals surface area contributed by atoms with Gasteiger partial charge in [-0.2, -0.15) is 0 Å². The van der Waals surface area contributed by atoms with Gasteiger partial charge in [-0.3, -0.25) is 0 Å². The molecule has 0 aliphatic carbocycles. The third-order valence-corrected chi connectivity index (χ3v) is 4.63. The minimum Gasteiger partial charge on any atom is -0.508 e. The van der Waals surface area contributed by atoms with Crippen LogP contribution in [0.4, 0.5) is 8.78 Å². The first kappa shape index (κ1) is 14.4. The number of phenols is 1. The molecule has 0 amide bonds. The molecule has 0 aromatic heterocycles. The van der Waals surface area contributed by atoms with Crippen LogP contribution < -0.4 is 5.32 Å². The Morgan fingerprint density at radius 3 is 2.81 bits per heavy atom. The van der Waals surface area contributed by atoms with Crippen LogP contribution in [0.2, 0.25) is 0 Å². The van der Waals surface area contributed by atoms with Crippen LogP contribution in [-0.4, -0.2) is 10.9 Å². The Labute approximate surface area is 126 Å². The predicted octanol–water partition coefficient (Wildman–Crippen LogP) is 4.00. The van der Waals surface area contributed by atoms with Gasteiger partial charge < -0.3 is 10.4 Å². The van der Waals surface area contributed by atoms with Crippen molar-refractivity contribution in [2.75, 3.05) is 5.75 Å². The molecule has 1 heterocycles. The Kier molecular flexibility index (Phi) is 4.12. The highest BCUT2D eigenvalue weighted by atomic mass is 32.2. The standard InChI is InChI=1S/C16H15F2NOS/c17-11-1-2-16-14(8-11)15(3-4-21-16)19-9-10-5-12(18)7-13(20)6-10/h1-2,5-8,15,19-20H,3-4,9H2. The summed E-state index contributed by atoms with van der Waals surface area (Å²) in [5.41, 5.74) is 1.62.